The predicted octanol–water partition coefficient (Wildman–Crippen LogP) is 4.81. The molecule has 1 aliphatic heterocycles. The highest BCUT2D eigenvalue weighted by Crippen LogP contribution is 2.26. The van der Waals surface area contributed by atoms with Crippen LogP contribution in [0.4, 0.5) is 13.2 Å². The average Bonchev–Trinajstić information content (AvgIpc) is 3.50. The number of fused-ring (bicyclic) bond motifs is 1. The molecule has 1 saturated heterocycles. The van der Waals surface area contributed by atoms with Crippen molar-refractivity contribution in [2.24, 2.45) is 0 Å². The van der Waals surface area contributed by atoms with Crippen molar-refractivity contribution in [1.82, 2.24) is 20.2 Å². The van der Waals surface area contributed by atoms with Crippen LogP contribution in [0.1, 0.15) is 57.3 Å². The van der Waals surface area contributed by atoms with Gasteiger partial charge in [-0.3, -0.25) is 14.4 Å². The summed E-state index contributed by atoms with van der Waals surface area (Å²) < 4.78 is 37.0. The number of nitrogens with one attached hydrogen (secondary N) is 2. The monoisotopic (exact) mass is 604 g/mol. The van der Waals surface area contributed by atoms with Crippen molar-refractivity contribution < 1.29 is 42.2 Å². The fourth-order valence-corrected chi connectivity index (χ4v) is 4.45. The van der Waals surface area contributed by atoms with Gasteiger partial charge in [-0.1, -0.05) is 56.2 Å². The number of Topliss-reactive ketones (excluding diaryl/α,β-unsaturated/α-hetero) is 1. The quantitative estimate of drug-likeness (QED) is 0.223. The van der Waals surface area contributed by atoms with Crippen LogP contribution in [0.3, 0.4) is 0 Å². The number of rotatable bonds is 10. The minimum atomic E-state index is -5.08. The van der Waals surface area contributed by atoms with E-state index in [1.54, 1.807) is 6.20 Å². The molecule has 2 aromatic carbocycles. The maximum absolute atomic E-state index is 12.8. The number of H-pyrrole nitrogens is 1. The molecule has 0 bridgehead atoms. The summed E-state index contributed by atoms with van der Waals surface area (Å²) >= 11 is 0. The summed E-state index contributed by atoms with van der Waals surface area (Å²) in [5, 5.41) is 12.3. The molecule has 1 aliphatic rings. The predicted molar refractivity (Wildman–Crippen MR) is 152 cm³/mol. The topological polar surface area (TPSA) is 142 Å². The molecule has 13 heteroatoms. The summed E-state index contributed by atoms with van der Waals surface area (Å²) in [4.78, 5) is 55.5. The van der Waals surface area contributed by atoms with E-state index in [2.05, 4.69) is 39.6 Å². The summed E-state index contributed by atoms with van der Waals surface area (Å²) in [6.45, 7) is 3.58. The molecule has 43 heavy (non-hydrogen) atoms. The molecule has 2 heterocycles. The number of carbonyl (C=O) groups is 4. The third-order valence-electron chi connectivity index (χ3n) is 6.87. The van der Waals surface area contributed by atoms with Crippen molar-refractivity contribution in [2.75, 3.05) is 26.3 Å². The SMILES string of the molecule is CCC(=O)CCCCC[C@H](NC(=O)C(=O)N1CCOCC1)c1ncc(-c2ccc3ccccc3c2)[nH]1.O=C(O)C(F)(F)F. The largest absolute Gasteiger partial charge is 0.490 e. The van der Waals surface area contributed by atoms with E-state index in [-0.39, 0.29) is 5.78 Å². The van der Waals surface area contributed by atoms with Gasteiger partial charge in [-0.2, -0.15) is 13.2 Å². The van der Waals surface area contributed by atoms with Gasteiger partial charge in [0, 0.05) is 31.5 Å². The fourth-order valence-electron chi connectivity index (χ4n) is 4.45. The third-order valence-corrected chi connectivity index (χ3v) is 6.87. The van der Waals surface area contributed by atoms with E-state index in [0.29, 0.717) is 51.4 Å². The first-order valence-electron chi connectivity index (χ1n) is 14.0. The Hall–Kier alpha value is -4.26. The highest BCUT2D eigenvalue weighted by molar-refractivity contribution is 6.35. The molecule has 3 aromatic rings. The molecule has 0 aliphatic carbocycles. The third kappa shape index (κ3) is 10.2. The Morgan fingerprint density at radius 2 is 1.72 bits per heavy atom. The molecule has 0 radical (unpaired) electrons. The van der Waals surface area contributed by atoms with Crippen molar-refractivity contribution in [3.8, 4) is 11.3 Å². The lowest BCUT2D eigenvalue weighted by molar-refractivity contribution is -0.192. The van der Waals surface area contributed by atoms with Crippen molar-refractivity contribution in [2.45, 2.75) is 57.7 Å². The van der Waals surface area contributed by atoms with Gasteiger partial charge in [0.2, 0.25) is 0 Å². The van der Waals surface area contributed by atoms with Crippen LogP contribution in [0.15, 0.2) is 48.7 Å². The zero-order valence-electron chi connectivity index (χ0n) is 23.8. The number of imidazole rings is 1. The van der Waals surface area contributed by atoms with E-state index in [0.717, 1.165) is 41.3 Å². The first kappa shape index (κ1) is 33.2. The smallest absolute Gasteiger partial charge is 0.475 e. The number of carbonyl (C=O) groups excluding carboxylic acids is 3. The Bertz CT molecular complexity index is 1400. The maximum atomic E-state index is 12.8. The fraction of sp³-hybridized carbons (Fsp3) is 0.433. The first-order chi connectivity index (χ1) is 20.5. The van der Waals surface area contributed by atoms with Crippen LogP contribution in [-0.4, -0.2) is 76.0 Å². The summed E-state index contributed by atoms with van der Waals surface area (Å²) in [5.74, 6) is -3.05. The summed E-state index contributed by atoms with van der Waals surface area (Å²) in [7, 11) is 0. The number of ketones is 1. The normalized spacial score (nSPS) is 14.0. The number of hydrogen-bond acceptors (Lipinski definition) is 6. The summed E-state index contributed by atoms with van der Waals surface area (Å²) in [6.07, 6.45) is 0.936. The lowest BCUT2D eigenvalue weighted by Crippen LogP contribution is -2.48. The second kappa shape index (κ2) is 15.8. The molecule has 3 N–H and O–H groups in total. The molecule has 0 spiro atoms. The molecule has 1 atom stereocenters. The van der Waals surface area contributed by atoms with E-state index >= 15 is 0 Å². The van der Waals surface area contributed by atoms with Crippen LogP contribution in [0.2, 0.25) is 0 Å². The number of alkyl halides is 3. The first-order valence-corrected chi connectivity index (χ1v) is 14.0. The van der Waals surface area contributed by atoms with Crippen LogP contribution in [0.25, 0.3) is 22.0 Å². The van der Waals surface area contributed by atoms with Crippen LogP contribution in [0.5, 0.6) is 0 Å². The van der Waals surface area contributed by atoms with Crippen LogP contribution in [-0.2, 0) is 23.9 Å². The molecule has 0 unspecified atom stereocenters. The number of nitrogens with zero attached hydrogens (tertiary/aromatic N) is 2. The number of aromatic nitrogens is 2. The van der Waals surface area contributed by atoms with Gasteiger partial charge in [-0.05, 0) is 29.7 Å². The van der Waals surface area contributed by atoms with Gasteiger partial charge in [0.1, 0.15) is 11.6 Å². The second-order valence-corrected chi connectivity index (χ2v) is 9.97. The molecule has 0 saturated carbocycles. The number of hydrogen-bond donors (Lipinski definition) is 3. The minimum Gasteiger partial charge on any atom is -0.475 e. The van der Waals surface area contributed by atoms with Gasteiger partial charge in [0.05, 0.1) is 31.1 Å². The van der Waals surface area contributed by atoms with Gasteiger partial charge in [-0.15, -0.1) is 0 Å². The number of halogens is 3. The molecule has 4 rings (SSSR count). The molecule has 2 amide bonds. The minimum absolute atomic E-state index is 0.266. The highest BCUT2D eigenvalue weighted by atomic mass is 19.4. The molecule has 1 aromatic heterocycles. The van der Waals surface area contributed by atoms with E-state index < -0.39 is 30.0 Å². The van der Waals surface area contributed by atoms with E-state index in [1.807, 2.05) is 25.1 Å². The van der Waals surface area contributed by atoms with E-state index in [1.165, 1.54) is 4.90 Å². The lowest BCUT2D eigenvalue weighted by Gasteiger charge is -2.27. The molecule has 232 valence electrons. The number of benzene rings is 2. The lowest BCUT2D eigenvalue weighted by atomic mass is 10.0. The summed E-state index contributed by atoms with van der Waals surface area (Å²) in [5.41, 5.74) is 1.85. The van der Waals surface area contributed by atoms with Gasteiger partial charge < -0.3 is 25.0 Å². The van der Waals surface area contributed by atoms with Crippen molar-refractivity contribution in [3.05, 3.63) is 54.5 Å². The second-order valence-electron chi connectivity index (χ2n) is 9.97. The van der Waals surface area contributed by atoms with Crippen molar-refractivity contribution >= 4 is 34.3 Å². The zero-order valence-corrected chi connectivity index (χ0v) is 23.8. The average molecular weight is 605 g/mol. The maximum Gasteiger partial charge on any atom is 0.490 e. The van der Waals surface area contributed by atoms with Crippen LogP contribution >= 0.6 is 0 Å². The van der Waals surface area contributed by atoms with Gasteiger partial charge in [0.25, 0.3) is 0 Å². The summed E-state index contributed by atoms with van der Waals surface area (Å²) in [6, 6.07) is 14.0. The van der Waals surface area contributed by atoms with Crippen molar-refractivity contribution in [3.63, 3.8) is 0 Å². The van der Waals surface area contributed by atoms with Gasteiger partial charge >= 0.3 is 24.0 Å². The molecule has 10 nitrogen and oxygen atoms in total. The number of aliphatic carboxylic acids is 1. The Kier molecular flexibility index (Phi) is 12.2. The van der Waals surface area contributed by atoms with Gasteiger partial charge in [-0.25, -0.2) is 9.78 Å². The molecule has 1 fully saturated rings. The van der Waals surface area contributed by atoms with E-state index in [9.17, 15) is 27.6 Å². The van der Waals surface area contributed by atoms with Crippen molar-refractivity contribution in [1.29, 1.82) is 0 Å². The Labute approximate surface area is 246 Å². The Morgan fingerprint density at radius 1 is 1.05 bits per heavy atom. The Balaban J connectivity index is 0.000000646. The number of amides is 2. The standard InChI is InChI=1S/C28H34N4O4.C2HF3O2/c1-2-23(33)10-4-3-5-11-24(31-27(34)28(35)32-14-16-36-17-15-32)26-29-19-25(30-26)22-13-12-20-8-6-7-9-21(20)18-22;3-2(4,5)1(6)7/h6-9,12-13,18-19,24H,2-5,10-11,14-17H2,1H3,(H,29,30)(H,31,34);(H,6,7)/t24-;/m0./s1. The van der Waals surface area contributed by atoms with Gasteiger partial charge in [0.15, 0.2) is 0 Å². The molecular weight excluding hydrogens is 569 g/mol. The number of unbranched alkanes of at least 4 members (excludes halogenated alkanes) is 2. The van der Waals surface area contributed by atoms with Crippen LogP contribution in [0, 0.1) is 0 Å². The number of carboxylic acid groups (broad SMARTS) is 1. The number of morpholine rings is 1. The van der Waals surface area contributed by atoms with E-state index in [4.69, 9.17) is 14.6 Å². The Morgan fingerprint density at radius 3 is 2.37 bits per heavy atom. The molecular formula is C30H35F3N4O6. The highest BCUT2D eigenvalue weighted by Gasteiger charge is 2.38. The van der Waals surface area contributed by atoms with Crippen LogP contribution < -0.4 is 5.32 Å². The number of carboxylic acids is 1. The number of ether oxygens (including phenoxy) is 1. The number of aromatic amines is 1. The zero-order chi connectivity index (χ0) is 31.4.